The van der Waals surface area contributed by atoms with Gasteiger partial charge in [0.2, 0.25) is 5.95 Å². The molecule has 5 aromatic rings. The first-order valence-electron chi connectivity index (χ1n) is 8.58. The maximum Gasteiger partial charge on any atom is 0.417 e. The molecular weight excluding hydrogens is 358 g/mol. The molecule has 3 aromatic heterocycles. The summed E-state index contributed by atoms with van der Waals surface area (Å²) in [6.07, 6.45) is 3.51. The van der Waals surface area contributed by atoms with E-state index in [9.17, 15) is 4.79 Å². The lowest BCUT2D eigenvalue weighted by atomic mass is 10.2. The van der Waals surface area contributed by atoms with E-state index in [1.165, 1.54) is 0 Å². The van der Waals surface area contributed by atoms with Gasteiger partial charge in [-0.2, -0.15) is 10.1 Å². The summed E-state index contributed by atoms with van der Waals surface area (Å²) in [4.78, 5) is 22.9. The van der Waals surface area contributed by atoms with E-state index in [1.54, 1.807) is 24.5 Å². The monoisotopic (exact) mass is 373 g/mol. The highest BCUT2D eigenvalue weighted by Gasteiger charge is 2.08. The molecule has 138 valence electrons. The molecule has 28 heavy (non-hydrogen) atoms. The zero-order valence-electron chi connectivity index (χ0n) is 14.8. The van der Waals surface area contributed by atoms with Crippen LogP contribution in [0.4, 0.5) is 23.1 Å². The molecule has 0 amide bonds. The summed E-state index contributed by atoms with van der Waals surface area (Å²) in [6.45, 7) is 1.92. The molecule has 0 radical (unpaired) electrons. The van der Waals surface area contributed by atoms with Crippen LogP contribution in [0.5, 0.6) is 0 Å². The highest BCUT2D eigenvalue weighted by atomic mass is 16.4. The highest BCUT2D eigenvalue weighted by molar-refractivity contribution is 5.82. The zero-order chi connectivity index (χ0) is 19.1. The third-order valence-electron chi connectivity index (χ3n) is 4.35. The Hall–Kier alpha value is -4.14. The predicted octanol–water partition coefficient (Wildman–Crippen LogP) is 3.58. The quantitative estimate of drug-likeness (QED) is 0.379. The van der Waals surface area contributed by atoms with Crippen molar-refractivity contribution >= 4 is 45.1 Å². The summed E-state index contributed by atoms with van der Waals surface area (Å²) in [5.74, 6) is 0.640. The van der Waals surface area contributed by atoms with E-state index >= 15 is 0 Å². The van der Waals surface area contributed by atoms with Gasteiger partial charge in [-0.05, 0) is 43.3 Å². The summed E-state index contributed by atoms with van der Waals surface area (Å²) in [5.41, 5.74) is 4.56. The number of nitrogens with zero attached hydrogens (tertiary/aromatic N) is 3. The van der Waals surface area contributed by atoms with Crippen molar-refractivity contribution in [2.75, 3.05) is 10.6 Å². The Kier molecular flexibility index (Phi) is 3.58. The largest absolute Gasteiger partial charge is 0.417 e. The first kappa shape index (κ1) is 16.1. The van der Waals surface area contributed by atoms with Crippen LogP contribution in [0.1, 0.15) is 5.56 Å². The van der Waals surface area contributed by atoms with Crippen molar-refractivity contribution in [3.05, 3.63) is 64.9 Å². The lowest BCUT2D eigenvalue weighted by Gasteiger charge is -2.11. The van der Waals surface area contributed by atoms with E-state index in [0.717, 1.165) is 27.8 Å². The van der Waals surface area contributed by atoms with Crippen LogP contribution < -0.4 is 16.4 Å². The minimum Gasteiger partial charge on any atom is -0.408 e. The fraction of sp³-hybridized carbons (Fsp3) is 0.0526. The lowest BCUT2D eigenvalue weighted by molar-refractivity contribution is 0.555. The Morgan fingerprint density at radius 2 is 1.82 bits per heavy atom. The van der Waals surface area contributed by atoms with Crippen LogP contribution in [-0.2, 0) is 0 Å². The molecule has 5 rings (SSSR count). The van der Waals surface area contributed by atoms with Gasteiger partial charge in [0.25, 0.3) is 0 Å². The lowest BCUT2D eigenvalue weighted by Crippen LogP contribution is -2.02. The molecule has 0 bridgehead atoms. The summed E-state index contributed by atoms with van der Waals surface area (Å²) in [6, 6.07) is 11.2. The number of oxazole rings is 1. The second-order valence-electron chi connectivity index (χ2n) is 6.37. The molecule has 0 spiro atoms. The molecule has 0 aliphatic carbocycles. The molecule has 9 nitrogen and oxygen atoms in total. The predicted molar refractivity (Wildman–Crippen MR) is 106 cm³/mol. The van der Waals surface area contributed by atoms with Gasteiger partial charge in [0.1, 0.15) is 5.82 Å². The van der Waals surface area contributed by atoms with Crippen LogP contribution in [0, 0.1) is 6.92 Å². The topological polar surface area (TPSA) is 125 Å². The van der Waals surface area contributed by atoms with Gasteiger partial charge in [-0.25, -0.2) is 9.78 Å². The Bertz CT molecular complexity index is 1370. The zero-order valence-corrected chi connectivity index (χ0v) is 14.8. The number of aromatic amines is 2. The van der Waals surface area contributed by atoms with E-state index in [-0.39, 0.29) is 0 Å². The number of fused-ring (bicyclic) bond motifs is 2. The molecule has 0 aliphatic rings. The number of hydrogen-bond acceptors (Lipinski definition) is 7. The summed E-state index contributed by atoms with van der Waals surface area (Å²) in [5, 5.41) is 14.4. The molecule has 0 saturated carbocycles. The maximum atomic E-state index is 11.3. The SMILES string of the molecule is Cc1cnc(Nc2ccc3cn[nH]c3c2)nc1Nc1ccc2oc(=O)[nH]c2c1. The summed E-state index contributed by atoms with van der Waals surface area (Å²) < 4.78 is 5.03. The number of aromatic nitrogens is 5. The van der Waals surface area contributed by atoms with Crippen molar-refractivity contribution in [2.24, 2.45) is 0 Å². The smallest absolute Gasteiger partial charge is 0.408 e. The Labute approximate surface area is 157 Å². The molecule has 0 aliphatic heterocycles. The summed E-state index contributed by atoms with van der Waals surface area (Å²) >= 11 is 0. The first-order chi connectivity index (χ1) is 13.6. The minimum atomic E-state index is -0.480. The van der Waals surface area contributed by atoms with Crippen LogP contribution in [-0.4, -0.2) is 25.1 Å². The molecule has 0 unspecified atom stereocenters. The molecule has 3 heterocycles. The van der Waals surface area contributed by atoms with Crippen molar-refractivity contribution in [1.29, 1.82) is 0 Å². The van der Waals surface area contributed by atoms with E-state index in [2.05, 4.69) is 35.8 Å². The molecule has 4 N–H and O–H groups in total. The van der Waals surface area contributed by atoms with E-state index in [1.807, 2.05) is 31.2 Å². The van der Waals surface area contributed by atoms with Crippen LogP contribution in [0.2, 0.25) is 0 Å². The van der Waals surface area contributed by atoms with Gasteiger partial charge in [-0.3, -0.25) is 10.1 Å². The van der Waals surface area contributed by atoms with Crippen molar-refractivity contribution in [3.8, 4) is 0 Å². The Morgan fingerprint density at radius 3 is 2.75 bits per heavy atom. The number of hydrogen-bond donors (Lipinski definition) is 4. The van der Waals surface area contributed by atoms with Gasteiger partial charge in [0.05, 0.1) is 17.2 Å². The fourth-order valence-corrected chi connectivity index (χ4v) is 2.94. The highest BCUT2D eigenvalue weighted by Crippen LogP contribution is 2.24. The number of nitrogens with one attached hydrogen (secondary N) is 4. The third kappa shape index (κ3) is 2.94. The van der Waals surface area contributed by atoms with Crippen LogP contribution in [0.25, 0.3) is 22.0 Å². The molecule has 0 atom stereocenters. The number of H-pyrrole nitrogens is 2. The Balaban J connectivity index is 1.43. The number of rotatable bonds is 4. The van der Waals surface area contributed by atoms with Gasteiger partial charge >= 0.3 is 5.76 Å². The van der Waals surface area contributed by atoms with Gasteiger partial charge in [-0.15, -0.1) is 0 Å². The molecular formula is C19H15N7O2. The molecule has 0 fully saturated rings. The van der Waals surface area contributed by atoms with Gasteiger partial charge < -0.3 is 15.1 Å². The van der Waals surface area contributed by atoms with Crippen molar-refractivity contribution in [2.45, 2.75) is 6.92 Å². The molecule has 9 heteroatoms. The molecule has 2 aromatic carbocycles. The summed E-state index contributed by atoms with van der Waals surface area (Å²) in [7, 11) is 0. The van der Waals surface area contributed by atoms with Crippen molar-refractivity contribution in [1.82, 2.24) is 25.1 Å². The average Bonchev–Trinajstić information content (AvgIpc) is 3.29. The minimum absolute atomic E-state index is 0.463. The average molecular weight is 373 g/mol. The maximum absolute atomic E-state index is 11.3. The second-order valence-corrected chi connectivity index (χ2v) is 6.37. The Morgan fingerprint density at radius 1 is 1.00 bits per heavy atom. The van der Waals surface area contributed by atoms with Crippen LogP contribution in [0.3, 0.4) is 0 Å². The second kappa shape index (κ2) is 6.23. The van der Waals surface area contributed by atoms with E-state index in [0.29, 0.717) is 22.9 Å². The van der Waals surface area contributed by atoms with E-state index < -0.39 is 5.76 Å². The number of benzene rings is 2. The molecule has 0 saturated heterocycles. The normalized spacial score (nSPS) is 11.2. The first-order valence-corrected chi connectivity index (χ1v) is 8.58. The fourth-order valence-electron chi connectivity index (χ4n) is 2.94. The standard InChI is InChI=1S/C19H15N7O2/c1-10-8-20-18(23-13-3-2-11-9-21-26-14(11)6-13)25-17(10)22-12-4-5-16-15(7-12)24-19(27)28-16/h2-9H,1H3,(H,21,26)(H,24,27)(H2,20,22,23,25). The van der Waals surface area contributed by atoms with Crippen molar-refractivity contribution in [3.63, 3.8) is 0 Å². The van der Waals surface area contributed by atoms with E-state index in [4.69, 9.17) is 4.42 Å². The third-order valence-corrected chi connectivity index (χ3v) is 4.35. The van der Waals surface area contributed by atoms with Crippen LogP contribution in [0.15, 0.2) is 58.0 Å². The number of aryl methyl sites for hydroxylation is 1. The van der Waals surface area contributed by atoms with Gasteiger partial charge in [-0.1, -0.05) is 0 Å². The van der Waals surface area contributed by atoms with Gasteiger partial charge in [0.15, 0.2) is 5.58 Å². The van der Waals surface area contributed by atoms with Crippen LogP contribution >= 0.6 is 0 Å². The van der Waals surface area contributed by atoms with Crippen molar-refractivity contribution < 1.29 is 4.42 Å². The van der Waals surface area contributed by atoms with Gasteiger partial charge in [0, 0.05) is 28.5 Å². The number of anilines is 4.